The van der Waals surface area contributed by atoms with Crippen molar-refractivity contribution in [1.29, 1.82) is 0 Å². The molecule has 5 rings (SSSR count). The molecule has 1 unspecified atom stereocenters. The molecule has 3 atom stereocenters. The van der Waals surface area contributed by atoms with Crippen LogP contribution >= 0.6 is 0 Å². The largest absolute Gasteiger partial charge is 0.493 e. The number of halogens is 1. The van der Waals surface area contributed by atoms with Crippen LogP contribution < -0.4 is 10.1 Å². The molecule has 1 N–H and O–H groups in total. The van der Waals surface area contributed by atoms with Crippen molar-refractivity contribution in [2.24, 2.45) is 17.8 Å². The Balaban J connectivity index is 1.19. The lowest BCUT2D eigenvalue weighted by molar-refractivity contribution is 0.0545. The lowest BCUT2D eigenvalue weighted by atomic mass is 10.00. The van der Waals surface area contributed by atoms with Crippen LogP contribution in [0.25, 0.3) is 11.3 Å². The second-order valence-electron chi connectivity index (χ2n) is 9.26. The van der Waals surface area contributed by atoms with Crippen molar-refractivity contribution in [1.82, 2.24) is 15.1 Å². The number of hydrogen-bond acceptors (Lipinski definition) is 6. The Hall–Kier alpha value is -2.25. The van der Waals surface area contributed by atoms with E-state index in [-0.39, 0.29) is 5.82 Å². The Bertz CT molecular complexity index is 891. The molecule has 1 aliphatic carbocycles. The zero-order chi connectivity index (χ0) is 21.2. The van der Waals surface area contributed by atoms with E-state index in [2.05, 4.69) is 20.4 Å². The highest BCUT2D eigenvalue weighted by molar-refractivity contribution is 5.64. The number of likely N-dealkylation sites (tertiary alicyclic amines) is 1. The summed E-state index contributed by atoms with van der Waals surface area (Å²) in [5.74, 6) is 3.34. The molecule has 2 saturated heterocycles. The summed E-state index contributed by atoms with van der Waals surface area (Å²) in [5, 5.41) is 12.3. The molecule has 7 heteroatoms. The van der Waals surface area contributed by atoms with E-state index in [9.17, 15) is 4.39 Å². The van der Waals surface area contributed by atoms with Crippen molar-refractivity contribution in [3.8, 4) is 17.0 Å². The number of hydrogen-bond donors (Lipinski definition) is 1. The molecular weight excluding hydrogens is 395 g/mol. The fourth-order valence-electron chi connectivity index (χ4n) is 5.57. The van der Waals surface area contributed by atoms with Gasteiger partial charge in [-0.15, -0.1) is 10.2 Å². The van der Waals surface area contributed by atoms with Gasteiger partial charge in [-0.2, -0.15) is 0 Å². The van der Waals surface area contributed by atoms with Gasteiger partial charge in [0.1, 0.15) is 5.82 Å². The first-order chi connectivity index (χ1) is 15.2. The number of rotatable bonds is 6. The summed E-state index contributed by atoms with van der Waals surface area (Å²) in [4.78, 5) is 2.68. The Kier molecular flexibility index (Phi) is 6.05. The molecule has 31 heavy (non-hydrogen) atoms. The van der Waals surface area contributed by atoms with Crippen LogP contribution in [0.2, 0.25) is 0 Å². The monoisotopic (exact) mass is 426 g/mol. The molecule has 3 heterocycles. The number of methoxy groups -OCH3 is 1. The molecular formula is C24H31FN4O2. The van der Waals surface area contributed by atoms with Gasteiger partial charge < -0.3 is 19.7 Å². The number of fused-ring (bicyclic) bond motifs is 1. The molecule has 3 fully saturated rings. The number of anilines is 1. The van der Waals surface area contributed by atoms with Crippen molar-refractivity contribution in [3.05, 3.63) is 36.1 Å². The fourth-order valence-corrected chi connectivity index (χ4v) is 5.57. The molecule has 0 radical (unpaired) electrons. The SMILES string of the molecule is COc1cc(-c2cccc(F)c2)nnc1NC1C[C@@H]2CN(CC3CCOCC3)C[C@@H]2C1. The quantitative estimate of drug-likeness (QED) is 0.757. The van der Waals surface area contributed by atoms with Gasteiger partial charge in [0, 0.05) is 50.5 Å². The van der Waals surface area contributed by atoms with E-state index in [4.69, 9.17) is 9.47 Å². The average Bonchev–Trinajstić information content (AvgIpc) is 3.32. The Morgan fingerprint density at radius 2 is 1.90 bits per heavy atom. The van der Waals surface area contributed by atoms with Crippen molar-refractivity contribution < 1.29 is 13.9 Å². The topological polar surface area (TPSA) is 59.5 Å². The predicted molar refractivity (Wildman–Crippen MR) is 118 cm³/mol. The average molecular weight is 427 g/mol. The summed E-state index contributed by atoms with van der Waals surface area (Å²) in [6, 6.07) is 8.60. The minimum Gasteiger partial charge on any atom is -0.493 e. The molecule has 1 aromatic carbocycles. The number of benzene rings is 1. The first-order valence-electron chi connectivity index (χ1n) is 11.4. The van der Waals surface area contributed by atoms with Crippen LogP contribution in [0.3, 0.4) is 0 Å². The lowest BCUT2D eigenvalue weighted by Gasteiger charge is -2.27. The molecule has 6 nitrogen and oxygen atoms in total. The Labute approximate surface area is 183 Å². The molecule has 2 aromatic rings. The molecule has 3 aliphatic rings. The summed E-state index contributed by atoms with van der Waals surface area (Å²) in [6.45, 7) is 5.51. The minimum absolute atomic E-state index is 0.288. The zero-order valence-corrected chi connectivity index (χ0v) is 18.1. The Morgan fingerprint density at radius 1 is 1.13 bits per heavy atom. The van der Waals surface area contributed by atoms with Crippen LogP contribution in [-0.2, 0) is 4.74 Å². The van der Waals surface area contributed by atoms with Crippen LogP contribution in [0.4, 0.5) is 10.2 Å². The van der Waals surface area contributed by atoms with Gasteiger partial charge in [-0.1, -0.05) is 12.1 Å². The molecule has 166 valence electrons. The maximum absolute atomic E-state index is 13.6. The van der Waals surface area contributed by atoms with Crippen LogP contribution in [-0.4, -0.2) is 61.1 Å². The minimum atomic E-state index is -0.288. The second kappa shape index (κ2) is 9.09. The van der Waals surface area contributed by atoms with E-state index < -0.39 is 0 Å². The van der Waals surface area contributed by atoms with Gasteiger partial charge in [0.15, 0.2) is 11.6 Å². The van der Waals surface area contributed by atoms with Crippen molar-refractivity contribution >= 4 is 5.82 Å². The third-order valence-electron chi connectivity index (χ3n) is 7.12. The smallest absolute Gasteiger partial charge is 0.191 e. The van der Waals surface area contributed by atoms with E-state index >= 15 is 0 Å². The van der Waals surface area contributed by atoms with Crippen molar-refractivity contribution in [2.45, 2.75) is 31.7 Å². The van der Waals surface area contributed by atoms with Gasteiger partial charge in [-0.05, 0) is 55.6 Å². The molecule has 1 aromatic heterocycles. The van der Waals surface area contributed by atoms with Gasteiger partial charge >= 0.3 is 0 Å². The fraction of sp³-hybridized carbons (Fsp3) is 0.583. The van der Waals surface area contributed by atoms with Gasteiger partial charge in [-0.25, -0.2) is 4.39 Å². The third-order valence-corrected chi connectivity index (χ3v) is 7.12. The van der Waals surface area contributed by atoms with Crippen LogP contribution in [0.5, 0.6) is 5.75 Å². The van der Waals surface area contributed by atoms with Crippen LogP contribution in [0.15, 0.2) is 30.3 Å². The number of ether oxygens (including phenoxy) is 2. The van der Waals surface area contributed by atoms with Crippen molar-refractivity contribution in [3.63, 3.8) is 0 Å². The summed E-state index contributed by atoms with van der Waals surface area (Å²) < 4.78 is 24.6. The molecule has 0 amide bonds. The number of nitrogens with one attached hydrogen (secondary N) is 1. The van der Waals surface area contributed by atoms with Crippen LogP contribution in [0, 0.1) is 23.6 Å². The van der Waals surface area contributed by atoms with Crippen LogP contribution in [0.1, 0.15) is 25.7 Å². The highest BCUT2D eigenvalue weighted by Gasteiger charge is 2.41. The Morgan fingerprint density at radius 3 is 2.61 bits per heavy atom. The maximum atomic E-state index is 13.6. The molecule has 0 spiro atoms. The van der Waals surface area contributed by atoms with Crippen molar-refractivity contribution in [2.75, 3.05) is 45.3 Å². The predicted octanol–water partition coefficient (Wildman–Crippen LogP) is 3.84. The first kappa shape index (κ1) is 20.6. The van der Waals surface area contributed by atoms with Gasteiger partial charge in [0.2, 0.25) is 0 Å². The lowest BCUT2D eigenvalue weighted by Crippen LogP contribution is -2.32. The van der Waals surface area contributed by atoms with E-state index in [0.717, 1.165) is 43.8 Å². The number of aromatic nitrogens is 2. The summed E-state index contributed by atoms with van der Waals surface area (Å²) in [5.41, 5.74) is 1.30. The first-order valence-corrected chi connectivity index (χ1v) is 11.4. The molecule has 0 bridgehead atoms. The second-order valence-corrected chi connectivity index (χ2v) is 9.26. The van der Waals surface area contributed by atoms with E-state index in [1.54, 1.807) is 13.2 Å². The van der Waals surface area contributed by atoms with Gasteiger partial charge in [0.25, 0.3) is 0 Å². The van der Waals surface area contributed by atoms with E-state index in [1.807, 2.05) is 12.1 Å². The third kappa shape index (κ3) is 4.67. The highest BCUT2D eigenvalue weighted by Crippen LogP contribution is 2.40. The number of nitrogens with zero attached hydrogens (tertiary/aromatic N) is 3. The highest BCUT2D eigenvalue weighted by atomic mass is 19.1. The summed E-state index contributed by atoms with van der Waals surface area (Å²) >= 11 is 0. The standard InChI is InChI=1S/C24H31FN4O2/c1-30-23-12-22(17-3-2-4-20(25)9-17)27-28-24(23)26-21-10-18-14-29(15-19(18)11-21)13-16-5-7-31-8-6-16/h2-4,9,12,16,18-19,21H,5-8,10-11,13-15H2,1H3,(H,26,28)/t18-,19+,21?. The molecule has 1 saturated carbocycles. The van der Waals surface area contributed by atoms with Gasteiger partial charge in [-0.3, -0.25) is 0 Å². The van der Waals surface area contributed by atoms with E-state index in [1.165, 1.54) is 44.6 Å². The van der Waals surface area contributed by atoms with Gasteiger partial charge in [0.05, 0.1) is 12.8 Å². The van der Waals surface area contributed by atoms with E-state index in [0.29, 0.717) is 28.9 Å². The normalized spacial score (nSPS) is 26.7. The molecule has 2 aliphatic heterocycles. The summed E-state index contributed by atoms with van der Waals surface area (Å²) in [6.07, 6.45) is 4.73. The summed E-state index contributed by atoms with van der Waals surface area (Å²) in [7, 11) is 1.63. The maximum Gasteiger partial charge on any atom is 0.191 e. The zero-order valence-electron chi connectivity index (χ0n) is 18.1.